The second-order valence-corrected chi connectivity index (χ2v) is 10.6. The summed E-state index contributed by atoms with van der Waals surface area (Å²) in [6.07, 6.45) is -0.158. The lowest BCUT2D eigenvalue weighted by molar-refractivity contribution is -0.146. The number of nitrogens with zero attached hydrogens (tertiary/aromatic N) is 3. The number of benzene rings is 2. The zero-order valence-corrected chi connectivity index (χ0v) is 19.5. The molecule has 4 rings (SSSR count). The van der Waals surface area contributed by atoms with E-state index in [0.29, 0.717) is 50.7 Å². The molecular formula is C24H31N3O4S. The highest BCUT2D eigenvalue weighted by atomic mass is 32.2. The van der Waals surface area contributed by atoms with E-state index < -0.39 is 10.0 Å². The van der Waals surface area contributed by atoms with Crippen molar-refractivity contribution in [3.8, 4) is 0 Å². The van der Waals surface area contributed by atoms with E-state index in [1.54, 1.807) is 12.1 Å². The van der Waals surface area contributed by atoms with Crippen molar-refractivity contribution in [3.05, 3.63) is 65.7 Å². The number of morpholine rings is 1. The standard InChI is InChI=1S/C24H31N3O4S/c1-19-8-10-22(11-9-19)32(29,30)27-14-12-25(13-15-27)18-24(28)26-16-20(2)31-23(17-26)21-6-4-3-5-7-21/h3-11,20,23H,12-18H2,1-2H3. The van der Waals surface area contributed by atoms with Crippen LogP contribution in [-0.2, 0) is 19.6 Å². The minimum absolute atomic E-state index is 0.0330. The van der Waals surface area contributed by atoms with Crippen molar-refractivity contribution >= 4 is 15.9 Å². The van der Waals surface area contributed by atoms with E-state index in [1.165, 1.54) is 4.31 Å². The maximum atomic E-state index is 13.0. The Morgan fingerprint density at radius 3 is 2.28 bits per heavy atom. The van der Waals surface area contributed by atoms with Gasteiger partial charge in [0.25, 0.3) is 0 Å². The van der Waals surface area contributed by atoms with E-state index >= 15 is 0 Å². The molecule has 7 nitrogen and oxygen atoms in total. The van der Waals surface area contributed by atoms with E-state index in [1.807, 2.05) is 66.1 Å². The number of amides is 1. The molecule has 0 radical (unpaired) electrons. The number of aryl methyl sites for hydroxylation is 1. The highest BCUT2D eigenvalue weighted by molar-refractivity contribution is 7.89. The lowest BCUT2D eigenvalue weighted by Gasteiger charge is -2.39. The summed E-state index contributed by atoms with van der Waals surface area (Å²) in [5.41, 5.74) is 2.10. The SMILES string of the molecule is Cc1ccc(S(=O)(=O)N2CCN(CC(=O)N3CC(C)OC(c4ccccc4)C3)CC2)cc1. The van der Waals surface area contributed by atoms with Gasteiger partial charge in [-0.1, -0.05) is 48.0 Å². The van der Waals surface area contributed by atoms with Crippen LogP contribution in [0.25, 0.3) is 0 Å². The van der Waals surface area contributed by atoms with Crippen LogP contribution in [0.5, 0.6) is 0 Å². The Balaban J connectivity index is 1.32. The molecule has 0 bridgehead atoms. The van der Waals surface area contributed by atoms with Crippen LogP contribution < -0.4 is 0 Å². The largest absolute Gasteiger partial charge is 0.367 e. The molecule has 2 saturated heterocycles. The van der Waals surface area contributed by atoms with Crippen molar-refractivity contribution in [2.75, 3.05) is 45.8 Å². The fourth-order valence-corrected chi connectivity index (χ4v) is 5.71. The molecule has 2 aliphatic heterocycles. The normalized spacial score (nSPS) is 23.2. The van der Waals surface area contributed by atoms with Gasteiger partial charge in [0.15, 0.2) is 0 Å². The molecule has 2 atom stereocenters. The Morgan fingerprint density at radius 2 is 1.62 bits per heavy atom. The molecule has 0 spiro atoms. The molecule has 8 heteroatoms. The fraction of sp³-hybridized carbons (Fsp3) is 0.458. The molecule has 1 amide bonds. The number of carbonyl (C=O) groups excluding carboxylic acids is 1. The first kappa shape index (κ1) is 22.9. The Labute approximate surface area is 190 Å². The van der Waals surface area contributed by atoms with Crippen molar-refractivity contribution in [1.29, 1.82) is 0 Å². The van der Waals surface area contributed by atoms with Gasteiger partial charge in [0.05, 0.1) is 24.1 Å². The third kappa shape index (κ3) is 5.20. The lowest BCUT2D eigenvalue weighted by atomic mass is 10.1. The molecule has 2 unspecified atom stereocenters. The summed E-state index contributed by atoms with van der Waals surface area (Å²) < 4.78 is 33.4. The van der Waals surface area contributed by atoms with Gasteiger partial charge in [-0.3, -0.25) is 9.69 Å². The zero-order chi connectivity index (χ0) is 22.7. The summed E-state index contributed by atoms with van der Waals surface area (Å²) in [6, 6.07) is 16.9. The van der Waals surface area contributed by atoms with Crippen LogP contribution in [0.2, 0.25) is 0 Å². The maximum absolute atomic E-state index is 13.0. The molecule has 0 aromatic heterocycles. The Hall–Kier alpha value is -2.26. The van der Waals surface area contributed by atoms with Crippen molar-refractivity contribution in [1.82, 2.24) is 14.1 Å². The van der Waals surface area contributed by atoms with Crippen molar-refractivity contribution < 1.29 is 17.9 Å². The summed E-state index contributed by atoms with van der Waals surface area (Å²) in [5.74, 6) is 0.0657. The molecule has 32 heavy (non-hydrogen) atoms. The predicted molar refractivity (Wildman–Crippen MR) is 123 cm³/mol. The molecule has 2 aromatic carbocycles. The highest BCUT2D eigenvalue weighted by Crippen LogP contribution is 2.25. The van der Waals surface area contributed by atoms with Gasteiger partial charge in [0.2, 0.25) is 15.9 Å². The number of rotatable bonds is 5. The van der Waals surface area contributed by atoms with Crippen LogP contribution >= 0.6 is 0 Å². The number of sulfonamides is 1. The van der Waals surface area contributed by atoms with Crippen LogP contribution in [0, 0.1) is 6.92 Å². The van der Waals surface area contributed by atoms with E-state index in [4.69, 9.17) is 4.74 Å². The number of ether oxygens (including phenoxy) is 1. The number of hydrogen-bond acceptors (Lipinski definition) is 5. The quantitative estimate of drug-likeness (QED) is 0.689. The van der Waals surface area contributed by atoms with Gasteiger partial charge in [-0.15, -0.1) is 0 Å². The zero-order valence-electron chi connectivity index (χ0n) is 18.7. The van der Waals surface area contributed by atoms with Crippen molar-refractivity contribution in [3.63, 3.8) is 0 Å². The van der Waals surface area contributed by atoms with Gasteiger partial charge in [0.1, 0.15) is 6.10 Å². The second-order valence-electron chi connectivity index (χ2n) is 8.64. The summed E-state index contributed by atoms with van der Waals surface area (Å²) in [5, 5.41) is 0. The summed E-state index contributed by atoms with van der Waals surface area (Å²) in [6.45, 7) is 7.18. The minimum atomic E-state index is -3.50. The van der Waals surface area contributed by atoms with Crippen LogP contribution in [-0.4, -0.2) is 80.3 Å². The van der Waals surface area contributed by atoms with E-state index in [9.17, 15) is 13.2 Å². The Morgan fingerprint density at radius 1 is 0.969 bits per heavy atom. The molecule has 2 aromatic rings. The molecule has 0 N–H and O–H groups in total. The Kier molecular flexibility index (Phi) is 6.95. The predicted octanol–water partition coefficient (Wildman–Crippen LogP) is 2.29. The van der Waals surface area contributed by atoms with Gasteiger partial charge in [0, 0.05) is 32.7 Å². The van der Waals surface area contributed by atoms with Crippen molar-refractivity contribution in [2.24, 2.45) is 0 Å². The number of piperazine rings is 1. The second kappa shape index (κ2) is 9.70. The summed E-state index contributed by atoms with van der Waals surface area (Å²) in [4.78, 5) is 17.3. The highest BCUT2D eigenvalue weighted by Gasteiger charge is 2.32. The van der Waals surface area contributed by atoms with E-state index in [2.05, 4.69) is 0 Å². The molecular weight excluding hydrogens is 426 g/mol. The van der Waals surface area contributed by atoms with Gasteiger partial charge < -0.3 is 9.64 Å². The smallest absolute Gasteiger partial charge is 0.243 e. The molecule has 0 saturated carbocycles. The summed E-state index contributed by atoms with van der Waals surface area (Å²) in [7, 11) is -3.50. The number of carbonyl (C=O) groups is 1. The molecule has 2 aliphatic rings. The van der Waals surface area contributed by atoms with Gasteiger partial charge in [-0.2, -0.15) is 4.31 Å². The van der Waals surface area contributed by atoms with Crippen LogP contribution in [0.3, 0.4) is 0 Å². The molecule has 2 fully saturated rings. The maximum Gasteiger partial charge on any atom is 0.243 e. The van der Waals surface area contributed by atoms with E-state index in [-0.39, 0.29) is 18.1 Å². The van der Waals surface area contributed by atoms with Gasteiger partial charge in [-0.05, 0) is 31.5 Å². The molecule has 0 aliphatic carbocycles. The van der Waals surface area contributed by atoms with Crippen molar-refractivity contribution in [2.45, 2.75) is 31.0 Å². The Bertz CT molecular complexity index is 1020. The van der Waals surface area contributed by atoms with E-state index in [0.717, 1.165) is 11.1 Å². The van der Waals surface area contributed by atoms with Crippen LogP contribution in [0.1, 0.15) is 24.2 Å². The first-order chi connectivity index (χ1) is 15.3. The average molecular weight is 458 g/mol. The average Bonchev–Trinajstić information content (AvgIpc) is 2.80. The third-order valence-corrected chi connectivity index (χ3v) is 8.05. The van der Waals surface area contributed by atoms with Crippen LogP contribution in [0.4, 0.5) is 0 Å². The molecule has 172 valence electrons. The summed E-state index contributed by atoms with van der Waals surface area (Å²) >= 11 is 0. The fourth-order valence-electron chi connectivity index (χ4n) is 4.29. The monoisotopic (exact) mass is 457 g/mol. The van der Waals surface area contributed by atoms with Gasteiger partial charge >= 0.3 is 0 Å². The lowest BCUT2D eigenvalue weighted by Crippen LogP contribution is -2.53. The van der Waals surface area contributed by atoms with Gasteiger partial charge in [-0.25, -0.2) is 8.42 Å². The molecule has 2 heterocycles. The number of hydrogen-bond donors (Lipinski definition) is 0. The first-order valence-electron chi connectivity index (χ1n) is 11.1. The topological polar surface area (TPSA) is 70.2 Å². The third-order valence-electron chi connectivity index (χ3n) is 6.13. The minimum Gasteiger partial charge on any atom is -0.367 e. The first-order valence-corrected chi connectivity index (χ1v) is 12.5. The van der Waals surface area contributed by atoms with Crippen LogP contribution in [0.15, 0.2) is 59.5 Å².